The van der Waals surface area contributed by atoms with E-state index < -0.39 is 6.04 Å². The molecule has 2 aliphatic heterocycles. The normalized spacial score (nSPS) is 23.4. The van der Waals surface area contributed by atoms with Crippen molar-refractivity contribution in [2.45, 2.75) is 32.2 Å². The molecular formula is C15H20N2O4. The third-order valence-corrected chi connectivity index (χ3v) is 3.80. The Morgan fingerprint density at radius 2 is 2.14 bits per heavy atom. The Morgan fingerprint density at radius 1 is 1.38 bits per heavy atom. The molecular weight excluding hydrogens is 272 g/mol. The number of hydrogen-bond donors (Lipinski definition) is 1. The standard InChI is InChI=1S/C15H20N2O4/c1-10-11(5-3-4-8-21-2)9-17(15(10)20)12-6-7-13(18)16-14(12)19/h3,5,12H,4,6-9H2,1-2H3,(H,16,18,19)/b5-3-. The fourth-order valence-corrected chi connectivity index (χ4v) is 2.55. The van der Waals surface area contributed by atoms with Gasteiger partial charge >= 0.3 is 0 Å². The van der Waals surface area contributed by atoms with Gasteiger partial charge in [-0.25, -0.2) is 0 Å². The predicted octanol–water partition coefficient (Wildman–Crippen LogP) is 0.543. The van der Waals surface area contributed by atoms with E-state index in [9.17, 15) is 14.4 Å². The van der Waals surface area contributed by atoms with Gasteiger partial charge in [0, 0.05) is 32.3 Å². The number of methoxy groups -OCH3 is 1. The third-order valence-electron chi connectivity index (χ3n) is 3.80. The third kappa shape index (κ3) is 3.39. The number of ether oxygens (including phenoxy) is 1. The first-order valence-electron chi connectivity index (χ1n) is 7.04. The highest BCUT2D eigenvalue weighted by molar-refractivity contribution is 6.04. The lowest BCUT2D eigenvalue weighted by Crippen LogP contribution is -2.53. The van der Waals surface area contributed by atoms with Gasteiger partial charge < -0.3 is 9.64 Å². The summed E-state index contributed by atoms with van der Waals surface area (Å²) in [6.07, 6.45) is 5.32. The smallest absolute Gasteiger partial charge is 0.250 e. The van der Waals surface area contributed by atoms with Crippen LogP contribution in [0.15, 0.2) is 23.3 Å². The van der Waals surface area contributed by atoms with Crippen LogP contribution in [-0.4, -0.2) is 48.9 Å². The molecule has 2 aliphatic rings. The Bertz CT molecular complexity index is 522. The van der Waals surface area contributed by atoms with Crippen LogP contribution >= 0.6 is 0 Å². The van der Waals surface area contributed by atoms with Crippen molar-refractivity contribution >= 4 is 17.7 Å². The van der Waals surface area contributed by atoms with Crippen molar-refractivity contribution in [3.63, 3.8) is 0 Å². The molecule has 2 rings (SSSR count). The van der Waals surface area contributed by atoms with Crippen LogP contribution in [0, 0.1) is 0 Å². The molecule has 114 valence electrons. The van der Waals surface area contributed by atoms with Gasteiger partial charge in [0.05, 0.1) is 0 Å². The molecule has 1 atom stereocenters. The second kappa shape index (κ2) is 6.67. The van der Waals surface area contributed by atoms with Crippen molar-refractivity contribution in [1.29, 1.82) is 0 Å². The molecule has 1 saturated heterocycles. The first-order valence-corrected chi connectivity index (χ1v) is 7.04. The second-order valence-corrected chi connectivity index (χ2v) is 5.23. The van der Waals surface area contributed by atoms with E-state index in [2.05, 4.69) is 5.32 Å². The average molecular weight is 292 g/mol. The van der Waals surface area contributed by atoms with Crippen molar-refractivity contribution < 1.29 is 19.1 Å². The number of nitrogens with zero attached hydrogens (tertiary/aromatic N) is 1. The van der Waals surface area contributed by atoms with Crippen LogP contribution in [0.1, 0.15) is 26.2 Å². The van der Waals surface area contributed by atoms with E-state index >= 15 is 0 Å². The van der Waals surface area contributed by atoms with Gasteiger partial charge in [-0.3, -0.25) is 19.7 Å². The van der Waals surface area contributed by atoms with Gasteiger partial charge in [0.2, 0.25) is 11.8 Å². The van der Waals surface area contributed by atoms with Gasteiger partial charge in [0.25, 0.3) is 5.91 Å². The fraction of sp³-hybridized carbons (Fsp3) is 0.533. The Morgan fingerprint density at radius 3 is 2.81 bits per heavy atom. The van der Waals surface area contributed by atoms with E-state index in [1.807, 2.05) is 12.2 Å². The molecule has 0 spiro atoms. The number of nitrogens with one attached hydrogen (secondary N) is 1. The molecule has 21 heavy (non-hydrogen) atoms. The zero-order valence-electron chi connectivity index (χ0n) is 12.3. The number of imide groups is 1. The molecule has 0 bridgehead atoms. The molecule has 6 heteroatoms. The summed E-state index contributed by atoms with van der Waals surface area (Å²) in [6.45, 7) is 2.82. The SMILES string of the molecule is COCC/C=C\C1=C(C)C(=O)N(C2CCC(=O)NC2=O)C1. The summed E-state index contributed by atoms with van der Waals surface area (Å²) in [7, 11) is 1.64. The van der Waals surface area contributed by atoms with Crippen molar-refractivity contribution in [2.24, 2.45) is 0 Å². The molecule has 3 amide bonds. The highest BCUT2D eigenvalue weighted by atomic mass is 16.5. The zero-order chi connectivity index (χ0) is 15.4. The molecule has 0 aromatic heterocycles. The van der Waals surface area contributed by atoms with E-state index in [4.69, 9.17) is 4.74 Å². The zero-order valence-corrected chi connectivity index (χ0v) is 12.3. The Kier molecular flexibility index (Phi) is 4.90. The summed E-state index contributed by atoms with van der Waals surface area (Å²) in [5.74, 6) is -0.778. The van der Waals surface area contributed by atoms with Gasteiger partial charge in [0.15, 0.2) is 0 Å². The van der Waals surface area contributed by atoms with Crippen molar-refractivity contribution in [2.75, 3.05) is 20.3 Å². The number of carbonyl (C=O) groups excluding carboxylic acids is 3. The average Bonchev–Trinajstić information content (AvgIpc) is 2.72. The Labute approximate surface area is 123 Å². The van der Waals surface area contributed by atoms with Gasteiger partial charge in [-0.15, -0.1) is 0 Å². The molecule has 1 N–H and O–H groups in total. The highest BCUT2D eigenvalue weighted by Gasteiger charge is 2.38. The van der Waals surface area contributed by atoms with E-state index in [-0.39, 0.29) is 24.1 Å². The fourth-order valence-electron chi connectivity index (χ4n) is 2.55. The minimum absolute atomic E-state index is 0.129. The van der Waals surface area contributed by atoms with Gasteiger partial charge in [0.1, 0.15) is 6.04 Å². The molecule has 1 fully saturated rings. The summed E-state index contributed by atoms with van der Waals surface area (Å²) in [5.41, 5.74) is 1.58. The van der Waals surface area contributed by atoms with Crippen LogP contribution in [0.5, 0.6) is 0 Å². The summed E-state index contributed by atoms with van der Waals surface area (Å²) in [5, 5.41) is 2.29. The minimum Gasteiger partial charge on any atom is -0.384 e. The van der Waals surface area contributed by atoms with Crippen molar-refractivity contribution in [3.05, 3.63) is 23.3 Å². The van der Waals surface area contributed by atoms with E-state index in [0.717, 1.165) is 12.0 Å². The largest absolute Gasteiger partial charge is 0.384 e. The van der Waals surface area contributed by atoms with Gasteiger partial charge in [-0.05, 0) is 25.3 Å². The van der Waals surface area contributed by atoms with Crippen LogP contribution in [-0.2, 0) is 19.1 Å². The van der Waals surface area contributed by atoms with Gasteiger partial charge in [-0.2, -0.15) is 0 Å². The number of rotatable bonds is 5. The number of carbonyl (C=O) groups is 3. The van der Waals surface area contributed by atoms with Gasteiger partial charge in [-0.1, -0.05) is 12.2 Å². The van der Waals surface area contributed by atoms with Crippen molar-refractivity contribution in [1.82, 2.24) is 10.2 Å². The van der Waals surface area contributed by atoms with E-state index in [1.165, 1.54) is 0 Å². The monoisotopic (exact) mass is 292 g/mol. The lowest BCUT2D eigenvalue weighted by molar-refractivity contribution is -0.142. The maximum atomic E-state index is 12.3. The molecule has 0 aliphatic carbocycles. The van der Waals surface area contributed by atoms with E-state index in [0.29, 0.717) is 25.1 Å². The van der Waals surface area contributed by atoms with Crippen LogP contribution in [0.4, 0.5) is 0 Å². The summed E-state index contributed by atoms with van der Waals surface area (Å²) >= 11 is 0. The molecule has 1 unspecified atom stereocenters. The summed E-state index contributed by atoms with van der Waals surface area (Å²) in [6, 6.07) is -0.546. The lowest BCUT2D eigenvalue weighted by Gasteiger charge is -2.29. The molecule has 2 heterocycles. The minimum atomic E-state index is -0.546. The number of piperidine rings is 1. The molecule has 0 aromatic rings. The van der Waals surface area contributed by atoms with Crippen LogP contribution in [0.2, 0.25) is 0 Å². The Hall–Kier alpha value is -1.95. The number of amides is 3. The molecule has 0 aromatic carbocycles. The topological polar surface area (TPSA) is 75.7 Å². The molecule has 0 saturated carbocycles. The highest BCUT2D eigenvalue weighted by Crippen LogP contribution is 2.25. The van der Waals surface area contributed by atoms with Crippen LogP contribution in [0.25, 0.3) is 0 Å². The van der Waals surface area contributed by atoms with Crippen molar-refractivity contribution in [3.8, 4) is 0 Å². The second-order valence-electron chi connectivity index (χ2n) is 5.23. The van der Waals surface area contributed by atoms with Crippen LogP contribution < -0.4 is 5.32 Å². The molecule has 6 nitrogen and oxygen atoms in total. The lowest BCUT2D eigenvalue weighted by atomic mass is 10.0. The maximum absolute atomic E-state index is 12.3. The quantitative estimate of drug-likeness (QED) is 0.593. The van der Waals surface area contributed by atoms with E-state index in [1.54, 1.807) is 18.9 Å². The van der Waals surface area contributed by atoms with Crippen LogP contribution in [0.3, 0.4) is 0 Å². The molecule has 0 radical (unpaired) electrons. The predicted molar refractivity (Wildman–Crippen MR) is 76.2 cm³/mol. The summed E-state index contributed by atoms with van der Waals surface area (Å²) in [4.78, 5) is 36.9. The Balaban J connectivity index is 2.03. The first kappa shape index (κ1) is 15.4. The summed E-state index contributed by atoms with van der Waals surface area (Å²) < 4.78 is 4.97. The maximum Gasteiger partial charge on any atom is 0.250 e. The first-order chi connectivity index (χ1) is 10.0. The number of hydrogen-bond acceptors (Lipinski definition) is 4.